The Kier molecular flexibility index (Phi) is 10.6. The summed E-state index contributed by atoms with van der Waals surface area (Å²) in [5.41, 5.74) is 0.389. The molecule has 0 saturated carbocycles. The molecule has 0 aliphatic rings. The molecule has 0 aliphatic carbocycles. The smallest absolute Gasteiger partial charge is 0.408 e. The lowest BCUT2D eigenvalue weighted by Gasteiger charge is -2.31. The predicted molar refractivity (Wildman–Crippen MR) is 117 cm³/mol. The molecule has 0 heterocycles. The molecule has 2 amide bonds. The van der Waals surface area contributed by atoms with Crippen LogP contribution in [0.1, 0.15) is 46.2 Å². The Morgan fingerprint density at radius 1 is 1.13 bits per heavy atom. The molecule has 8 nitrogen and oxygen atoms in total. The van der Waals surface area contributed by atoms with Crippen LogP contribution in [0.2, 0.25) is 0 Å². The fourth-order valence-electron chi connectivity index (χ4n) is 3.09. The summed E-state index contributed by atoms with van der Waals surface area (Å²) in [7, 11) is 3.11. The summed E-state index contributed by atoms with van der Waals surface area (Å²) in [5.74, 6) is 0.433. The summed E-state index contributed by atoms with van der Waals surface area (Å²) in [4.78, 5) is 27.1. The van der Waals surface area contributed by atoms with Crippen molar-refractivity contribution < 1.29 is 23.8 Å². The van der Waals surface area contributed by atoms with E-state index in [0.717, 1.165) is 24.4 Å². The van der Waals surface area contributed by atoms with Crippen LogP contribution < -0.4 is 15.4 Å². The van der Waals surface area contributed by atoms with Gasteiger partial charge in [-0.1, -0.05) is 26.0 Å². The topological polar surface area (TPSA) is 89.1 Å². The van der Waals surface area contributed by atoms with E-state index in [4.69, 9.17) is 14.2 Å². The average molecular weight is 424 g/mol. The number of hydrogen-bond donors (Lipinski definition) is 2. The maximum Gasteiger partial charge on any atom is 0.408 e. The highest BCUT2D eigenvalue weighted by molar-refractivity contribution is 5.85. The molecule has 0 unspecified atom stereocenters. The first-order chi connectivity index (χ1) is 14.1. The van der Waals surface area contributed by atoms with E-state index in [1.165, 1.54) is 7.11 Å². The van der Waals surface area contributed by atoms with Crippen molar-refractivity contribution >= 4 is 12.0 Å². The Balaban J connectivity index is 2.90. The number of amides is 2. The molecule has 1 rings (SSSR count). The molecular formula is C22H37N3O5. The zero-order chi connectivity index (χ0) is 22.7. The Morgan fingerprint density at radius 3 is 2.33 bits per heavy atom. The maximum atomic E-state index is 12.8. The van der Waals surface area contributed by atoms with Gasteiger partial charge in [0.15, 0.2) is 0 Å². The van der Waals surface area contributed by atoms with Gasteiger partial charge in [-0.2, -0.15) is 0 Å². The molecule has 0 saturated heterocycles. The van der Waals surface area contributed by atoms with Gasteiger partial charge < -0.3 is 24.8 Å². The number of nitrogens with one attached hydrogen (secondary N) is 2. The van der Waals surface area contributed by atoms with E-state index in [9.17, 15) is 9.59 Å². The normalized spacial score (nSPS) is 13.5. The van der Waals surface area contributed by atoms with Crippen molar-refractivity contribution in [3.8, 4) is 5.75 Å². The van der Waals surface area contributed by atoms with Crippen molar-refractivity contribution in [2.45, 2.75) is 52.3 Å². The predicted octanol–water partition coefficient (Wildman–Crippen LogP) is 2.73. The van der Waals surface area contributed by atoms with Crippen molar-refractivity contribution in [1.29, 1.82) is 0 Å². The summed E-state index contributed by atoms with van der Waals surface area (Å²) in [6.45, 7) is 11.5. The summed E-state index contributed by atoms with van der Waals surface area (Å²) in [6.07, 6.45) is -0.659. The molecule has 1 aromatic carbocycles. The second-order valence-corrected chi connectivity index (χ2v) is 7.91. The molecule has 0 aromatic heterocycles. The van der Waals surface area contributed by atoms with E-state index >= 15 is 0 Å². The van der Waals surface area contributed by atoms with E-state index in [2.05, 4.69) is 29.4 Å². The van der Waals surface area contributed by atoms with Crippen LogP contribution in [-0.2, 0) is 14.3 Å². The number of hydrogen-bond acceptors (Lipinski definition) is 6. The van der Waals surface area contributed by atoms with Crippen LogP contribution in [0.3, 0.4) is 0 Å². The second kappa shape index (κ2) is 12.4. The van der Waals surface area contributed by atoms with Crippen LogP contribution in [0.25, 0.3) is 0 Å². The lowest BCUT2D eigenvalue weighted by molar-refractivity contribution is -0.124. The first-order valence-corrected chi connectivity index (χ1v) is 10.3. The third kappa shape index (κ3) is 8.59. The Bertz CT molecular complexity index is 671. The van der Waals surface area contributed by atoms with E-state index < -0.39 is 17.7 Å². The molecule has 0 aliphatic heterocycles. The van der Waals surface area contributed by atoms with Crippen LogP contribution in [0.15, 0.2) is 24.3 Å². The first-order valence-electron chi connectivity index (χ1n) is 10.3. The highest BCUT2D eigenvalue weighted by Crippen LogP contribution is 2.23. The standard InChI is InChI=1S/C22H37N3O5/c1-8-25(9-2)19(16-11-10-12-17(13-16)29-7)14-23-20(26)18(15-28-6)24-21(27)30-22(3,4)5/h10-13,18-19H,8-9,14-15H2,1-7H3,(H,23,26)(H,24,27)/t18-,19-/m0/s1. The van der Waals surface area contributed by atoms with E-state index in [1.54, 1.807) is 27.9 Å². The Labute approximate surface area is 180 Å². The van der Waals surface area contributed by atoms with Crippen LogP contribution in [-0.4, -0.2) is 69.0 Å². The number of nitrogens with zero attached hydrogens (tertiary/aromatic N) is 1. The third-order valence-electron chi connectivity index (χ3n) is 4.54. The molecule has 0 fully saturated rings. The number of likely N-dealkylation sites (N-methyl/N-ethyl adjacent to an activating group) is 1. The van der Waals surface area contributed by atoms with Gasteiger partial charge in [-0.15, -0.1) is 0 Å². The van der Waals surface area contributed by atoms with Gasteiger partial charge in [-0.3, -0.25) is 9.69 Å². The molecular weight excluding hydrogens is 386 g/mol. The van der Waals surface area contributed by atoms with E-state index in [0.29, 0.717) is 6.54 Å². The molecule has 1 aromatic rings. The van der Waals surface area contributed by atoms with Crippen molar-refractivity contribution in [1.82, 2.24) is 15.5 Å². The summed E-state index contributed by atoms with van der Waals surface area (Å²) in [6, 6.07) is 6.92. The molecule has 30 heavy (non-hydrogen) atoms. The number of benzene rings is 1. The van der Waals surface area contributed by atoms with Crippen molar-refractivity contribution in [2.24, 2.45) is 0 Å². The average Bonchev–Trinajstić information content (AvgIpc) is 2.69. The lowest BCUT2D eigenvalue weighted by Crippen LogP contribution is -2.51. The Hall–Kier alpha value is -2.32. The summed E-state index contributed by atoms with van der Waals surface area (Å²) in [5, 5.41) is 5.53. The molecule has 0 bridgehead atoms. The van der Waals surface area contributed by atoms with Gasteiger partial charge in [0.2, 0.25) is 5.91 Å². The quantitative estimate of drug-likeness (QED) is 0.569. The number of rotatable bonds is 11. The van der Waals surface area contributed by atoms with Crippen LogP contribution >= 0.6 is 0 Å². The first kappa shape index (κ1) is 25.7. The van der Waals surface area contributed by atoms with Gasteiger partial charge in [0.25, 0.3) is 0 Å². The molecule has 0 radical (unpaired) electrons. The minimum atomic E-state index is -0.854. The van der Waals surface area contributed by atoms with Gasteiger partial charge in [0.05, 0.1) is 19.8 Å². The van der Waals surface area contributed by atoms with E-state index in [-0.39, 0.29) is 18.6 Å². The highest BCUT2D eigenvalue weighted by Gasteiger charge is 2.26. The highest BCUT2D eigenvalue weighted by atomic mass is 16.6. The lowest BCUT2D eigenvalue weighted by atomic mass is 10.0. The monoisotopic (exact) mass is 423 g/mol. The van der Waals surface area contributed by atoms with Crippen molar-refractivity contribution in [3.63, 3.8) is 0 Å². The van der Waals surface area contributed by atoms with Gasteiger partial charge in [0.1, 0.15) is 17.4 Å². The van der Waals surface area contributed by atoms with Crippen LogP contribution in [0, 0.1) is 0 Å². The van der Waals surface area contributed by atoms with Gasteiger partial charge in [-0.05, 0) is 51.6 Å². The number of ether oxygens (including phenoxy) is 3. The van der Waals surface area contributed by atoms with Crippen molar-refractivity contribution in [3.05, 3.63) is 29.8 Å². The second-order valence-electron chi connectivity index (χ2n) is 7.91. The third-order valence-corrected chi connectivity index (χ3v) is 4.54. The SMILES string of the molecule is CCN(CC)[C@@H](CNC(=O)[C@H](COC)NC(=O)OC(C)(C)C)c1cccc(OC)c1. The number of carbonyl (C=O) groups is 2. The van der Waals surface area contributed by atoms with Crippen LogP contribution in [0.5, 0.6) is 5.75 Å². The maximum absolute atomic E-state index is 12.8. The number of carbonyl (C=O) groups excluding carboxylic acids is 2. The molecule has 2 N–H and O–H groups in total. The van der Waals surface area contributed by atoms with E-state index in [1.807, 2.05) is 24.3 Å². The fraction of sp³-hybridized carbons (Fsp3) is 0.636. The molecule has 170 valence electrons. The number of methoxy groups -OCH3 is 2. The van der Waals surface area contributed by atoms with Crippen molar-refractivity contribution in [2.75, 3.05) is 40.5 Å². The zero-order valence-corrected chi connectivity index (χ0v) is 19.3. The summed E-state index contributed by atoms with van der Waals surface area (Å²) < 4.78 is 15.7. The fourth-order valence-corrected chi connectivity index (χ4v) is 3.09. The largest absolute Gasteiger partial charge is 0.497 e. The van der Waals surface area contributed by atoms with Gasteiger partial charge >= 0.3 is 6.09 Å². The minimum absolute atomic E-state index is 0.0382. The minimum Gasteiger partial charge on any atom is -0.497 e. The van der Waals surface area contributed by atoms with Gasteiger partial charge in [0, 0.05) is 13.7 Å². The van der Waals surface area contributed by atoms with Crippen LogP contribution in [0.4, 0.5) is 4.79 Å². The number of alkyl carbamates (subject to hydrolysis) is 1. The molecule has 2 atom stereocenters. The summed E-state index contributed by atoms with van der Waals surface area (Å²) >= 11 is 0. The zero-order valence-electron chi connectivity index (χ0n) is 19.3. The van der Waals surface area contributed by atoms with Gasteiger partial charge in [-0.25, -0.2) is 4.79 Å². The molecule has 8 heteroatoms. The molecule has 0 spiro atoms. The Morgan fingerprint density at radius 2 is 1.80 bits per heavy atom.